The molecule has 106 valence electrons. The number of nitrogens with two attached hydrogens (primary N) is 1. The van der Waals surface area contributed by atoms with Gasteiger partial charge in [-0.2, -0.15) is 0 Å². The molecule has 1 unspecified atom stereocenters. The number of aryl methyl sites for hydroxylation is 1. The number of nitrogens with zero attached hydrogens (tertiary/aromatic N) is 1. The van der Waals surface area contributed by atoms with Crippen molar-refractivity contribution in [3.8, 4) is 0 Å². The van der Waals surface area contributed by atoms with E-state index >= 15 is 0 Å². The van der Waals surface area contributed by atoms with Gasteiger partial charge in [0.05, 0.1) is 17.4 Å². The van der Waals surface area contributed by atoms with Crippen LogP contribution in [0.3, 0.4) is 0 Å². The van der Waals surface area contributed by atoms with Crippen LogP contribution >= 0.6 is 0 Å². The van der Waals surface area contributed by atoms with E-state index in [1.165, 1.54) is 0 Å². The lowest BCUT2D eigenvalue weighted by Gasteiger charge is -2.19. The molecule has 2 heterocycles. The van der Waals surface area contributed by atoms with Crippen molar-refractivity contribution >= 4 is 11.7 Å². The predicted octanol–water partition coefficient (Wildman–Crippen LogP) is 2.20. The molecule has 1 fully saturated rings. The number of carbonyl (C=O) groups is 1. The summed E-state index contributed by atoms with van der Waals surface area (Å²) in [5.41, 5.74) is 6.66. The van der Waals surface area contributed by atoms with E-state index in [0.717, 1.165) is 12.8 Å². The number of hydrogen-bond acceptors (Lipinski definition) is 4. The first-order valence-corrected chi connectivity index (χ1v) is 6.72. The molecule has 1 aliphatic heterocycles. The quantitative estimate of drug-likeness (QED) is 0.848. The molecule has 2 N–H and O–H groups in total. The third-order valence-corrected chi connectivity index (χ3v) is 3.42. The number of anilines is 1. The van der Waals surface area contributed by atoms with Gasteiger partial charge in [-0.15, -0.1) is 0 Å². The van der Waals surface area contributed by atoms with E-state index in [0.29, 0.717) is 24.5 Å². The molecule has 19 heavy (non-hydrogen) atoms. The molecule has 1 aromatic rings. The van der Waals surface area contributed by atoms with Crippen molar-refractivity contribution in [2.45, 2.75) is 51.9 Å². The van der Waals surface area contributed by atoms with Gasteiger partial charge in [0, 0.05) is 12.7 Å². The van der Waals surface area contributed by atoms with Crippen molar-refractivity contribution in [3.05, 3.63) is 18.0 Å². The SMILES string of the molecule is CCn1cc(N)cc1C(=O)OCC1CCC(C)(C)O1. The Morgan fingerprint density at radius 2 is 2.37 bits per heavy atom. The van der Waals surface area contributed by atoms with E-state index in [9.17, 15) is 4.79 Å². The zero-order valence-corrected chi connectivity index (χ0v) is 11.8. The minimum Gasteiger partial charge on any atom is -0.458 e. The number of rotatable bonds is 4. The molecule has 5 heteroatoms. The van der Waals surface area contributed by atoms with E-state index in [4.69, 9.17) is 15.2 Å². The topological polar surface area (TPSA) is 66.5 Å². The molecule has 5 nitrogen and oxygen atoms in total. The number of carbonyl (C=O) groups excluding carboxylic acids is 1. The van der Waals surface area contributed by atoms with Crippen LogP contribution in [-0.2, 0) is 16.0 Å². The lowest BCUT2D eigenvalue weighted by molar-refractivity contribution is -0.0447. The van der Waals surface area contributed by atoms with Gasteiger partial charge in [0.1, 0.15) is 12.3 Å². The highest BCUT2D eigenvalue weighted by Crippen LogP contribution is 2.29. The van der Waals surface area contributed by atoms with Crippen molar-refractivity contribution < 1.29 is 14.3 Å². The molecular weight excluding hydrogens is 244 g/mol. The molecule has 2 rings (SSSR count). The van der Waals surface area contributed by atoms with Gasteiger partial charge in [-0.05, 0) is 39.7 Å². The average Bonchev–Trinajstić information content (AvgIpc) is 2.89. The number of hydrogen-bond donors (Lipinski definition) is 1. The Kier molecular flexibility index (Phi) is 3.85. The maximum absolute atomic E-state index is 12.0. The molecule has 0 bridgehead atoms. The second kappa shape index (κ2) is 5.25. The van der Waals surface area contributed by atoms with Gasteiger partial charge >= 0.3 is 5.97 Å². The van der Waals surface area contributed by atoms with Crippen molar-refractivity contribution in [1.82, 2.24) is 4.57 Å². The Bertz CT molecular complexity index is 465. The van der Waals surface area contributed by atoms with Gasteiger partial charge < -0.3 is 19.8 Å². The fourth-order valence-electron chi connectivity index (χ4n) is 2.40. The average molecular weight is 266 g/mol. The number of nitrogen functional groups attached to an aromatic ring is 1. The third-order valence-electron chi connectivity index (χ3n) is 3.42. The Morgan fingerprint density at radius 1 is 1.63 bits per heavy atom. The zero-order chi connectivity index (χ0) is 14.0. The van der Waals surface area contributed by atoms with Crippen LogP contribution in [0.25, 0.3) is 0 Å². The summed E-state index contributed by atoms with van der Waals surface area (Å²) in [4.78, 5) is 12.0. The number of aromatic nitrogens is 1. The van der Waals surface area contributed by atoms with Crippen molar-refractivity contribution in [2.75, 3.05) is 12.3 Å². The molecule has 1 aromatic heterocycles. The van der Waals surface area contributed by atoms with Crippen LogP contribution in [0.5, 0.6) is 0 Å². The first-order chi connectivity index (χ1) is 8.91. The molecule has 0 aromatic carbocycles. The summed E-state index contributed by atoms with van der Waals surface area (Å²) in [5.74, 6) is -0.341. The van der Waals surface area contributed by atoms with Crippen molar-refractivity contribution in [2.24, 2.45) is 0 Å². The summed E-state index contributed by atoms with van der Waals surface area (Å²) in [6, 6.07) is 1.64. The van der Waals surface area contributed by atoms with Gasteiger partial charge in [-0.3, -0.25) is 0 Å². The normalized spacial score (nSPS) is 21.5. The monoisotopic (exact) mass is 266 g/mol. The lowest BCUT2D eigenvalue weighted by atomic mass is 10.1. The number of esters is 1. The van der Waals surface area contributed by atoms with E-state index in [1.807, 2.05) is 6.92 Å². The largest absolute Gasteiger partial charge is 0.458 e. The summed E-state index contributed by atoms with van der Waals surface area (Å²) in [7, 11) is 0. The molecule has 1 aliphatic rings. The van der Waals surface area contributed by atoms with Gasteiger partial charge in [-0.25, -0.2) is 4.79 Å². The predicted molar refractivity (Wildman–Crippen MR) is 73.0 cm³/mol. The van der Waals surface area contributed by atoms with Crippen LogP contribution in [-0.4, -0.2) is 28.8 Å². The first kappa shape index (κ1) is 13.9. The van der Waals surface area contributed by atoms with Crippen LogP contribution in [0.2, 0.25) is 0 Å². The minimum atomic E-state index is -0.341. The Morgan fingerprint density at radius 3 is 2.95 bits per heavy atom. The van der Waals surface area contributed by atoms with Crippen molar-refractivity contribution in [3.63, 3.8) is 0 Å². The van der Waals surface area contributed by atoms with Crippen LogP contribution in [0.1, 0.15) is 44.1 Å². The first-order valence-electron chi connectivity index (χ1n) is 6.72. The third kappa shape index (κ3) is 3.29. The van der Waals surface area contributed by atoms with Gasteiger partial charge in [-0.1, -0.05) is 0 Å². The number of ether oxygens (including phenoxy) is 2. The van der Waals surface area contributed by atoms with Crippen LogP contribution in [0.4, 0.5) is 5.69 Å². The highest BCUT2D eigenvalue weighted by molar-refractivity contribution is 5.89. The van der Waals surface area contributed by atoms with Crippen LogP contribution < -0.4 is 5.73 Å². The summed E-state index contributed by atoms with van der Waals surface area (Å²) in [5, 5.41) is 0. The molecule has 0 saturated carbocycles. The molecule has 1 atom stereocenters. The fourth-order valence-corrected chi connectivity index (χ4v) is 2.40. The van der Waals surface area contributed by atoms with Crippen molar-refractivity contribution in [1.29, 1.82) is 0 Å². The molecule has 0 amide bonds. The van der Waals surface area contributed by atoms with Gasteiger partial charge in [0.2, 0.25) is 0 Å². The van der Waals surface area contributed by atoms with E-state index in [-0.39, 0.29) is 17.7 Å². The lowest BCUT2D eigenvalue weighted by Crippen LogP contribution is -2.24. The molecular formula is C14H22N2O3. The Balaban J connectivity index is 1.91. The smallest absolute Gasteiger partial charge is 0.355 e. The second-order valence-electron chi connectivity index (χ2n) is 5.58. The summed E-state index contributed by atoms with van der Waals surface area (Å²) in [6.07, 6.45) is 3.66. The Labute approximate surface area is 113 Å². The summed E-state index contributed by atoms with van der Waals surface area (Å²) < 4.78 is 12.9. The van der Waals surface area contributed by atoms with Crippen LogP contribution in [0.15, 0.2) is 12.3 Å². The van der Waals surface area contributed by atoms with E-state index in [1.54, 1.807) is 16.8 Å². The highest BCUT2D eigenvalue weighted by Gasteiger charge is 2.32. The van der Waals surface area contributed by atoms with E-state index in [2.05, 4.69) is 13.8 Å². The van der Waals surface area contributed by atoms with Gasteiger partial charge in [0.15, 0.2) is 0 Å². The minimum absolute atomic E-state index is 0.00124. The summed E-state index contributed by atoms with van der Waals surface area (Å²) in [6.45, 7) is 7.06. The molecule has 1 saturated heterocycles. The maximum atomic E-state index is 12.0. The Hall–Kier alpha value is -1.49. The molecule has 0 spiro atoms. The summed E-state index contributed by atoms with van der Waals surface area (Å²) >= 11 is 0. The second-order valence-corrected chi connectivity index (χ2v) is 5.58. The maximum Gasteiger partial charge on any atom is 0.355 e. The standard InChI is InChI=1S/C14H22N2O3/c1-4-16-8-10(15)7-12(16)13(17)18-9-11-5-6-14(2,3)19-11/h7-8,11H,4-6,9,15H2,1-3H3. The zero-order valence-electron chi connectivity index (χ0n) is 11.8. The van der Waals surface area contributed by atoms with Crippen LogP contribution in [0, 0.1) is 0 Å². The fraction of sp³-hybridized carbons (Fsp3) is 0.643. The molecule has 0 aliphatic carbocycles. The van der Waals surface area contributed by atoms with E-state index < -0.39 is 0 Å². The molecule has 0 radical (unpaired) electrons. The highest BCUT2D eigenvalue weighted by atomic mass is 16.6. The van der Waals surface area contributed by atoms with Gasteiger partial charge in [0.25, 0.3) is 0 Å².